The molecule has 35 heavy (non-hydrogen) atoms. The predicted molar refractivity (Wildman–Crippen MR) is 117 cm³/mol. The normalized spacial score (nSPS) is 22.4. The van der Waals surface area contributed by atoms with E-state index < -0.39 is 34.9 Å². The average Bonchev–Trinajstić information content (AvgIpc) is 3.31. The van der Waals surface area contributed by atoms with E-state index in [0.29, 0.717) is 25.9 Å². The van der Waals surface area contributed by atoms with Crippen LogP contribution in [0.4, 0.5) is 32.6 Å². The lowest BCUT2D eigenvalue weighted by molar-refractivity contribution is -0.137. The molecular formula is C23H26F5N5O2. The number of fused-ring (bicyclic) bond motifs is 1. The van der Waals surface area contributed by atoms with Crippen molar-refractivity contribution in [3.05, 3.63) is 35.7 Å². The predicted octanol–water partition coefficient (Wildman–Crippen LogP) is 5.55. The van der Waals surface area contributed by atoms with Gasteiger partial charge in [-0.15, -0.1) is 10.2 Å². The summed E-state index contributed by atoms with van der Waals surface area (Å²) in [6.07, 6.45) is -4.86. The number of likely N-dealkylation sites (tertiary alicyclic amines) is 1. The first kappa shape index (κ1) is 25.1. The molecule has 3 heterocycles. The number of carbonyl (C=O) groups excluding carboxylic acids is 1. The first-order chi connectivity index (χ1) is 16.3. The second kappa shape index (κ2) is 9.19. The summed E-state index contributed by atoms with van der Waals surface area (Å²) in [5, 5.41) is 10.6. The highest BCUT2D eigenvalue weighted by Gasteiger charge is 2.44. The van der Waals surface area contributed by atoms with Crippen molar-refractivity contribution in [1.82, 2.24) is 20.1 Å². The van der Waals surface area contributed by atoms with E-state index in [9.17, 15) is 26.7 Å². The fraction of sp³-hybridized carbons (Fsp3) is 0.565. The van der Waals surface area contributed by atoms with E-state index in [1.54, 1.807) is 25.7 Å². The molecule has 7 nitrogen and oxygen atoms in total. The van der Waals surface area contributed by atoms with Crippen LogP contribution in [0.1, 0.15) is 51.2 Å². The van der Waals surface area contributed by atoms with E-state index >= 15 is 0 Å². The summed E-state index contributed by atoms with van der Waals surface area (Å²) in [4.78, 5) is 17.7. The van der Waals surface area contributed by atoms with Crippen LogP contribution in [0, 0.1) is 11.8 Å². The Labute approximate surface area is 199 Å². The number of carbonyl (C=O) groups is 1. The number of nitrogens with zero attached hydrogens (tertiary/aromatic N) is 4. The van der Waals surface area contributed by atoms with Crippen LogP contribution in [0.3, 0.4) is 0 Å². The number of alkyl halides is 5. The summed E-state index contributed by atoms with van der Waals surface area (Å²) in [5.74, 6) is 0.217. The van der Waals surface area contributed by atoms with Gasteiger partial charge in [0.25, 0.3) is 6.43 Å². The van der Waals surface area contributed by atoms with Crippen molar-refractivity contribution in [1.29, 1.82) is 0 Å². The molecule has 1 aliphatic heterocycles. The monoisotopic (exact) mass is 499 g/mol. The number of rotatable bonds is 4. The smallest absolute Gasteiger partial charge is 0.417 e. The summed E-state index contributed by atoms with van der Waals surface area (Å²) >= 11 is 0. The molecular weight excluding hydrogens is 473 g/mol. The Morgan fingerprint density at radius 1 is 1.14 bits per heavy atom. The maximum atomic E-state index is 13.8. The zero-order chi connectivity index (χ0) is 25.5. The van der Waals surface area contributed by atoms with Gasteiger partial charge in [-0.1, -0.05) is 0 Å². The molecule has 190 valence electrons. The average molecular weight is 499 g/mol. The van der Waals surface area contributed by atoms with Crippen LogP contribution in [0.15, 0.2) is 24.5 Å². The number of aromatic nitrogens is 3. The van der Waals surface area contributed by atoms with Crippen LogP contribution in [0.2, 0.25) is 0 Å². The number of hydrogen-bond acceptors (Lipinski definition) is 6. The number of nitrogens with one attached hydrogen (secondary N) is 1. The van der Waals surface area contributed by atoms with Gasteiger partial charge >= 0.3 is 12.3 Å². The molecule has 3 atom stereocenters. The van der Waals surface area contributed by atoms with Crippen molar-refractivity contribution in [3.8, 4) is 11.3 Å². The van der Waals surface area contributed by atoms with Crippen LogP contribution >= 0.6 is 0 Å². The minimum Gasteiger partial charge on any atom is -0.444 e. The van der Waals surface area contributed by atoms with Crippen molar-refractivity contribution in [2.24, 2.45) is 11.8 Å². The van der Waals surface area contributed by atoms with Gasteiger partial charge in [-0.25, -0.2) is 13.6 Å². The lowest BCUT2D eigenvalue weighted by Crippen LogP contribution is -2.36. The lowest BCUT2D eigenvalue weighted by Gasteiger charge is -2.25. The third kappa shape index (κ3) is 5.62. The van der Waals surface area contributed by atoms with Gasteiger partial charge < -0.3 is 15.0 Å². The van der Waals surface area contributed by atoms with Crippen LogP contribution in [0.25, 0.3) is 11.3 Å². The van der Waals surface area contributed by atoms with Crippen LogP contribution in [0.5, 0.6) is 0 Å². The van der Waals surface area contributed by atoms with Gasteiger partial charge in [0.05, 0.1) is 16.8 Å². The summed E-state index contributed by atoms with van der Waals surface area (Å²) in [6.45, 7) is 6.43. The molecule has 2 aliphatic rings. The summed E-state index contributed by atoms with van der Waals surface area (Å²) in [6, 6.07) is 1.52. The van der Waals surface area contributed by atoms with E-state index in [4.69, 9.17) is 4.74 Å². The molecule has 0 spiro atoms. The van der Waals surface area contributed by atoms with Crippen molar-refractivity contribution in [2.45, 2.75) is 57.9 Å². The zero-order valence-corrected chi connectivity index (χ0v) is 19.4. The van der Waals surface area contributed by atoms with Gasteiger partial charge in [-0.05, 0) is 57.6 Å². The molecule has 1 amide bonds. The topological polar surface area (TPSA) is 80.2 Å². The number of amides is 1. The van der Waals surface area contributed by atoms with Crippen molar-refractivity contribution in [2.75, 3.05) is 18.4 Å². The highest BCUT2D eigenvalue weighted by atomic mass is 19.4. The fourth-order valence-electron chi connectivity index (χ4n) is 4.75. The van der Waals surface area contributed by atoms with E-state index in [-0.39, 0.29) is 35.5 Å². The van der Waals surface area contributed by atoms with Crippen LogP contribution in [-0.2, 0) is 10.9 Å². The van der Waals surface area contributed by atoms with E-state index in [0.717, 1.165) is 24.5 Å². The second-order valence-corrected chi connectivity index (χ2v) is 9.97. The van der Waals surface area contributed by atoms with E-state index in [1.807, 2.05) is 0 Å². The SMILES string of the molecule is CC(C)(C)OC(=O)N1C[C@H]2C[C@H](Nc3nnc(-c4cnccc4C(F)(F)F)cc3C(F)F)C[C@H]2C1. The molecule has 1 N–H and O–H groups in total. The summed E-state index contributed by atoms with van der Waals surface area (Å²) in [5.41, 5.74) is -2.90. The number of ether oxygens (including phenoxy) is 1. The third-order valence-electron chi connectivity index (χ3n) is 6.20. The van der Waals surface area contributed by atoms with Crippen LogP contribution < -0.4 is 5.32 Å². The summed E-state index contributed by atoms with van der Waals surface area (Å²) < 4.78 is 73.1. The Hall–Kier alpha value is -3.05. The first-order valence-corrected chi connectivity index (χ1v) is 11.2. The molecule has 2 aromatic rings. The number of pyridine rings is 1. The Balaban J connectivity index is 1.47. The van der Waals surface area contributed by atoms with Gasteiger partial charge in [0, 0.05) is 37.1 Å². The lowest BCUT2D eigenvalue weighted by atomic mass is 10.0. The van der Waals surface area contributed by atoms with E-state index in [1.165, 1.54) is 0 Å². The Bertz CT molecular complexity index is 1070. The van der Waals surface area contributed by atoms with Crippen molar-refractivity contribution < 1.29 is 31.5 Å². The number of anilines is 1. The molecule has 1 aliphatic carbocycles. The van der Waals surface area contributed by atoms with Gasteiger partial charge in [0.1, 0.15) is 5.60 Å². The number of hydrogen-bond donors (Lipinski definition) is 1. The van der Waals surface area contributed by atoms with Gasteiger partial charge in [-0.2, -0.15) is 13.2 Å². The highest BCUT2D eigenvalue weighted by molar-refractivity contribution is 5.68. The molecule has 2 fully saturated rings. The minimum atomic E-state index is -4.70. The molecule has 0 unspecified atom stereocenters. The zero-order valence-electron chi connectivity index (χ0n) is 19.4. The third-order valence-corrected chi connectivity index (χ3v) is 6.20. The van der Waals surface area contributed by atoms with Crippen LogP contribution in [-0.4, -0.2) is 50.9 Å². The Kier molecular flexibility index (Phi) is 6.58. The maximum Gasteiger partial charge on any atom is 0.417 e. The number of halogens is 5. The standard InChI is InChI=1S/C23H26F5N5O2/c1-22(2,3)35-21(34)33-10-12-6-14(7-13(12)11-33)30-20-15(19(24)25)8-18(31-32-20)16-9-29-5-4-17(16)23(26,27)28/h4-5,8-9,12-14,19H,6-7,10-11H2,1-3H3,(H,30,32)/t12-,13+,14+. The Morgan fingerprint density at radius 2 is 1.80 bits per heavy atom. The van der Waals surface area contributed by atoms with Crippen molar-refractivity contribution in [3.63, 3.8) is 0 Å². The van der Waals surface area contributed by atoms with E-state index in [2.05, 4.69) is 20.5 Å². The first-order valence-electron chi connectivity index (χ1n) is 11.2. The summed E-state index contributed by atoms with van der Waals surface area (Å²) in [7, 11) is 0. The van der Waals surface area contributed by atoms with Gasteiger partial charge in [-0.3, -0.25) is 4.98 Å². The largest absolute Gasteiger partial charge is 0.444 e. The molecule has 1 saturated heterocycles. The van der Waals surface area contributed by atoms with Gasteiger partial charge in [0.2, 0.25) is 0 Å². The minimum absolute atomic E-state index is 0.157. The molecule has 0 radical (unpaired) electrons. The molecule has 4 rings (SSSR count). The molecule has 2 aromatic heterocycles. The quantitative estimate of drug-likeness (QED) is 0.556. The molecule has 0 bridgehead atoms. The van der Waals surface area contributed by atoms with Crippen molar-refractivity contribution >= 4 is 11.9 Å². The second-order valence-electron chi connectivity index (χ2n) is 9.97. The molecule has 0 aromatic carbocycles. The Morgan fingerprint density at radius 3 is 2.37 bits per heavy atom. The molecule has 12 heteroatoms. The highest BCUT2D eigenvalue weighted by Crippen LogP contribution is 2.41. The maximum absolute atomic E-state index is 13.8. The molecule has 1 saturated carbocycles. The van der Waals surface area contributed by atoms with Gasteiger partial charge in [0.15, 0.2) is 5.82 Å². The fourth-order valence-corrected chi connectivity index (χ4v) is 4.75.